The van der Waals surface area contributed by atoms with Crippen molar-refractivity contribution in [3.8, 4) is 0 Å². The largest absolute Gasteiger partial charge is 0.381 e. The van der Waals surface area contributed by atoms with Crippen LogP contribution in [0.1, 0.15) is 65.9 Å². The predicted molar refractivity (Wildman–Crippen MR) is 98.2 cm³/mol. The Morgan fingerprint density at radius 1 is 1.16 bits per heavy atom. The van der Waals surface area contributed by atoms with Crippen molar-refractivity contribution in [1.82, 2.24) is 4.98 Å². The molecule has 4 nitrogen and oxygen atoms in total. The van der Waals surface area contributed by atoms with E-state index in [-0.39, 0.29) is 17.5 Å². The molecule has 25 heavy (non-hydrogen) atoms. The van der Waals surface area contributed by atoms with Gasteiger partial charge in [-0.1, -0.05) is 6.92 Å². The van der Waals surface area contributed by atoms with Crippen LogP contribution >= 0.6 is 0 Å². The van der Waals surface area contributed by atoms with Crippen LogP contribution in [0.25, 0.3) is 10.9 Å². The molecule has 1 aromatic carbocycles. The molecule has 1 saturated carbocycles. The highest BCUT2D eigenvalue weighted by atomic mass is 16.5. The van der Waals surface area contributed by atoms with Gasteiger partial charge >= 0.3 is 0 Å². The van der Waals surface area contributed by atoms with Crippen molar-refractivity contribution in [2.45, 2.75) is 52.1 Å². The smallest absolute Gasteiger partial charge is 0.178 e. The Labute approximate surface area is 148 Å². The van der Waals surface area contributed by atoms with Gasteiger partial charge in [0, 0.05) is 30.9 Å². The summed E-state index contributed by atoms with van der Waals surface area (Å²) in [6.07, 6.45) is 4.71. The first kappa shape index (κ1) is 17.7. The first-order valence-electron chi connectivity index (χ1n) is 9.05. The Morgan fingerprint density at radius 3 is 2.48 bits per heavy atom. The Hall–Kier alpha value is -2.07. The monoisotopic (exact) mass is 339 g/mol. The summed E-state index contributed by atoms with van der Waals surface area (Å²) in [5.74, 6) is 0.276. The Bertz CT molecular complexity index is 804. The molecule has 1 heterocycles. The lowest BCUT2D eigenvalue weighted by Gasteiger charge is -2.26. The fourth-order valence-electron chi connectivity index (χ4n) is 3.74. The van der Waals surface area contributed by atoms with Crippen molar-refractivity contribution in [3.05, 3.63) is 41.1 Å². The van der Waals surface area contributed by atoms with Gasteiger partial charge in [-0.3, -0.25) is 9.59 Å². The second kappa shape index (κ2) is 7.44. The van der Waals surface area contributed by atoms with Gasteiger partial charge < -0.3 is 4.74 Å². The lowest BCUT2D eigenvalue weighted by Crippen LogP contribution is -2.25. The minimum absolute atomic E-state index is 0.0196. The van der Waals surface area contributed by atoms with E-state index in [2.05, 4.69) is 4.98 Å². The molecule has 0 bridgehead atoms. The summed E-state index contributed by atoms with van der Waals surface area (Å²) < 4.78 is 5.39. The topological polar surface area (TPSA) is 56.3 Å². The Kier molecular flexibility index (Phi) is 5.28. The van der Waals surface area contributed by atoms with Gasteiger partial charge in [-0.2, -0.15) is 0 Å². The minimum atomic E-state index is -0.0196. The molecular formula is C21H25NO3. The standard InChI is InChI=1S/C21H25NO3/c1-4-14-11-17-12-16(7-10-19(17)22-20(14)13(2)23)21(24)15-5-8-18(25-3)9-6-15/h7,10-12,15,18H,4-6,8-9H2,1-3H3. The Balaban J connectivity index is 1.89. The number of hydrogen-bond donors (Lipinski definition) is 0. The molecule has 1 aliphatic rings. The number of pyridine rings is 1. The van der Waals surface area contributed by atoms with E-state index in [1.807, 2.05) is 31.2 Å². The summed E-state index contributed by atoms with van der Waals surface area (Å²) >= 11 is 0. The van der Waals surface area contributed by atoms with E-state index < -0.39 is 0 Å². The zero-order chi connectivity index (χ0) is 18.0. The number of methoxy groups -OCH3 is 1. The van der Waals surface area contributed by atoms with Crippen molar-refractivity contribution in [2.75, 3.05) is 7.11 Å². The molecular weight excluding hydrogens is 314 g/mol. The zero-order valence-electron chi connectivity index (χ0n) is 15.2. The number of Topliss-reactive ketones (excluding diaryl/α,β-unsaturated/α-hetero) is 2. The third-order valence-electron chi connectivity index (χ3n) is 5.27. The maximum absolute atomic E-state index is 12.9. The fourth-order valence-corrected chi connectivity index (χ4v) is 3.74. The van der Waals surface area contributed by atoms with Gasteiger partial charge in [0.05, 0.1) is 11.6 Å². The number of aromatic nitrogens is 1. The zero-order valence-corrected chi connectivity index (χ0v) is 15.2. The van der Waals surface area contributed by atoms with Crippen LogP contribution in [-0.2, 0) is 11.2 Å². The molecule has 0 atom stereocenters. The molecule has 0 unspecified atom stereocenters. The van der Waals surface area contributed by atoms with Crippen molar-refractivity contribution in [1.29, 1.82) is 0 Å². The summed E-state index contributed by atoms with van der Waals surface area (Å²) in [4.78, 5) is 29.1. The molecule has 3 rings (SSSR count). The van der Waals surface area contributed by atoms with Crippen LogP contribution in [0, 0.1) is 5.92 Å². The predicted octanol–water partition coefficient (Wildman–Crippen LogP) is 4.39. The number of nitrogens with zero attached hydrogens (tertiary/aromatic N) is 1. The maximum Gasteiger partial charge on any atom is 0.178 e. The lowest BCUT2D eigenvalue weighted by molar-refractivity contribution is 0.0519. The molecule has 0 aliphatic heterocycles. The van der Waals surface area contributed by atoms with Gasteiger partial charge in [0.1, 0.15) is 5.69 Å². The third-order valence-corrected chi connectivity index (χ3v) is 5.27. The van der Waals surface area contributed by atoms with E-state index >= 15 is 0 Å². The SMILES string of the molecule is CCc1cc2cc(C(=O)C3CCC(OC)CC3)ccc2nc1C(C)=O. The molecule has 0 spiro atoms. The van der Waals surface area contributed by atoms with E-state index in [1.54, 1.807) is 14.0 Å². The highest BCUT2D eigenvalue weighted by Gasteiger charge is 2.27. The normalized spacial score (nSPS) is 20.6. The van der Waals surface area contributed by atoms with Crippen LogP contribution in [0.15, 0.2) is 24.3 Å². The number of benzene rings is 1. The molecule has 4 heteroatoms. The number of aryl methyl sites for hydroxylation is 1. The number of carbonyl (C=O) groups is 2. The van der Waals surface area contributed by atoms with Gasteiger partial charge in [-0.25, -0.2) is 4.98 Å². The van der Waals surface area contributed by atoms with E-state index in [4.69, 9.17) is 4.74 Å². The van der Waals surface area contributed by atoms with E-state index in [0.29, 0.717) is 11.8 Å². The first-order chi connectivity index (χ1) is 12.0. The number of ketones is 2. The number of ether oxygens (including phenoxy) is 1. The third kappa shape index (κ3) is 3.64. The molecule has 0 N–H and O–H groups in total. The summed E-state index contributed by atoms with van der Waals surface area (Å²) in [6, 6.07) is 7.62. The first-order valence-corrected chi connectivity index (χ1v) is 9.05. The average Bonchev–Trinajstić information content (AvgIpc) is 2.65. The van der Waals surface area contributed by atoms with Crippen LogP contribution in [0.3, 0.4) is 0 Å². The van der Waals surface area contributed by atoms with Crippen molar-refractivity contribution in [2.24, 2.45) is 5.92 Å². The molecule has 0 amide bonds. The van der Waals surface area contributed by atoms with E-state index in [1.165, 1.54) is 0 Å². The van der Waals surface area contributed by atoms with Gasteiger partial charge in [0.2, 0.25) is 0 Å². The maximum atomic E-state index is 12.9. The summed E-state index contributed by atoms with van der Waals surface area (Å²) in [7, 11) is 1.74. The molecule has 0 radical (unpaired) electrons. The van der Waals surface area contributed by atoms with Gasteiger partial charge in [-0.05, 0) is 61.9 Å². The molecule has 132 valence electrons. The summed E-state index contributed by atoms with van der Waals surface area (Å²) in [5, 5.41) is 0.929. The molecule has 2 aromatic rings. The summed E-state index contributed by atoms with van der Waals surface area (Å²) in [6.45, 7) is 3.56. The van der Waals surface area contributed by atoms with Crippen molar-refractivity contribution in [3.63, 3.8) is 0 Å². The van der Waals surface area contributed by atoms with Gasteiger partial charge in [0.15, 0.2) is 11.6 Å². The number of fused-ring (bicyclic) bond motifs is 1. The highest BCUT2D eigenvalue weighted by Crippen LogP contribution is 2.29. The van der Waals surface area contributed by atoms with Gasteiger partial charge in [0.25, 0.3) is 0 Å². The number of hydrogen-bond acceptors (Lipinski definition) is 4. The van der Waals surface area contributed by atoms with Crippen molar-refractivity contribution < 1.29 is 14.3 Å². The molecule has 1 aliphatic carbocycles. The highest BCUT2D eigenvalue weighted by molar-refractivity contribution is 6.02. The van der Waals surface area contributed by atoms with E-state index in [0.717, 1.165) is 54.1 Å². The molecule has 1 aromatic heterocycles. The van der Waals surface area contributed by atoms with Crippen LogP contribution in [0.5, 0.6) is 0 Å². The van der Waals surface area contributed by atoms with Gasteiger partial charge in [-0.15, -0.1) is 0 Å². The van der Waals surface area contributed by atoms with E-state index in [9.17, 15) is 9.59 Å². The van der Waals surface area contributed by atoms with Crippen LogP contribution in [0.2, 0.25) is 0 Å². The fraction of sp³-hybridized carbons (Fsp3) is 0.476. The number of rotatable bonds is 5. The number of carbonyl (C=O) groups excluding carboxylic acids is 2. The minimum Gasteiger partial charge on any atom is -0.381 e. The molecule has 1 fully saturated rings. The van der Waals surface area contributed by atoms with Crippen LogP contribution < -0.4 is 0 Å². The van der Waals surface area contributed by atoms with Crippen LogP contribution in [0.4, 0.5) is 0 Å². The Morgan fingerprint density at radius 2 is 1.88 bits per heavy atom. The second-order valence-electron chi connectivity index (χ2n) is 6.89. The average molecular weight is 339 g/mol. The van der Waals surface area contributed by atoms with Crippen LogP contribution in [-0.4, -0.2) is 29.8 Å². The lowest BCUT2D eigenvalue weighted by atomic mass is 9.82. The quantitative estimate of drug-likeness (QED) is 0.758. The second-order valence-corrected chi connectivity index (χ2v) is 6.89. The van der Waals surface area contributed by atoms with Crippen molar-refractivity contribution >= 4 is 22.5 Å². The summed E-state index contributed by atoms with van der Waals surface area (Å²) in [5.41, 5.74) is 2.98. The molecule has 0 saturated heterocycles.